The van der Waals surface area contributed by atoms with E-state index in [1.165, 1.54) is 23.8 Å². The van der Waals surface area contributed by atoms with Crippen LogP contribution in [0.3, 0.4) is 0 Å². The van der Waals surface area contributed by atoms with Crippen molar-refractivity contribution in [2.24, 2.45) is 11.3 Å². The van der Waals surface area contributed by atoms with Crippen molar-refractivity contribution in [1.29, 1.82) is 0 Å². The predicted octanol–water partition coefficient (Wildman–Crippen LogP) is 4.81. The van der Waals surface area contributed by atoms with Crippen molar-refractivity contribution in [2.75, 3.05) is 27.2 Å². The number of carbonyl (C=O) groups excluding carboxylic acids is 8. The average molecular weight is 881 g/mol. The first-order valence-electron chi connectivity index (χ1n) is 21.4. The van der Waals surface area contributed by atoms with Gasteiger partial charge in [0.25, 0.3) is 11.8 Å². The lowest BCUT2D eigenvalue weighted by Crippen LogP contribution is -2.63. The third kappa shape index (κ3) is 16.0. The van der Waals surface area contributed by atoms with E-state index in [2.05, 4.69) is 16.0 Å². The lowest BCUT2D eigenvalue weighted by Gasteiger charge is -2.42. The minimum Gasteiger partial charge on any atom is -0.460 e. The Labute approximate surface area is 373 Å². The quantitative estimate of drug-likeness (QED) is 0.104. The smallest absolute Gasteiger partial charge is 0.410 e. The first kappa shape index (κ1) is 53.6. The van der Waals surface area contributed by atoms with Gasteiger partial charge in [-0.05, 0) is 71.8 Å². The highest BCUT2D eigenvalue weighted by atomic mass is 16.6. The highest BCUT2D eigenvalue weighted by Gasteiger charge is 2.46. The summed E-state index contributed by atoms with van der Waals surface area (Å²) in [5, 5.41) is 8.33. The number of esters is 1. The SMILES string of the molecule is C/C(=C\[C@H](C(C)C)N(C)C(=O)C(NC(=O)[C@@H](N(C)C(=O)OC(C)(C)C)C(C)(C)c1ccccc1)C(C)(C)C)C(=O)N[C@@H](CCC(=O)OC(C)(C)C)C(=O)NCCN1C(=O)C=CC1=O. The molecule has 0 radical (unpaired) electrons. The molecule has 0 saturated carbocycles. The van der Waals surface area contributed by atoms with Gasteiger partial charge < -0.3 is 30.3 Å². The number of rotatable bonds is 18. The van der Waals surface area contributed by atoms with Gasteiger partial charge in [-0.2, -0.15) is 0 Å². The molecule has 1 heterocycles. The molecule has 1 unspecified atom stereocenters. The van der Waals surface area contributed by atoms with Gasteiger partial charge in [-0.25, -0.2) is 4.79 Å². The largest absolute Gasteiger partial charge is 0.460 e. The molecule has 1 aromatic carbocycles. The van der Waals surface area contributed by atoms with Crippen LogP contribution >= 0.6 is 0 Å². The van der Waals surface area contributed by atoms with Gasteiger partial charge >= 0.3 is 12.1 Å². The Kier molecular flexibility index (Phi) is 18.5. The third-order valence-electron chi connectivity index (χ3n) is 10.4. The highest BCUT2D eigenvalue weighted by molar-refractivity contribution is 6.12. The minimum atomic E-state index is -1.21. The van der Waals surface area contributed by atoms with E-state index in [4.69, 9.17) is 9.47 Å². The number of carbonyl (C=O) groups is 8. The van der Waals surface area contributed by atoms with Crippen molar-refractivity contribution in [3.05, 3.63) is 59.7 Å². The van der Waals surface area contributed by atoms with E-state index in [0.717, 1.165) is 22.6 Å². The summed E-state index contributed by atoms with van der Waals surface area (Å²) in [5.41, 5.74) is -2.44. The summed E-state index contributed by atoms with van der Waals surface area (Å²) >= 11 is 0. The standard InChI is InChI=1S/C47H72N6O10/c1-29(2)33(28-30(3)39(57)49-32(22-25-36(56)62-45(7,8)9)40(58)48-26-27-53-34(54)23-24-35(53)55)51(15)42(60)37(44(4,5)6)50-41(59)38(52(16)43(61)63-46(10,11)12)47(13,14)31-20-18-17-19-21-31/h17-21,23-24,28-29,32-33,37-38H,22,25-27H2,1-16H3,(H,48,58)(H,49,57)(H,50,59)/b30-28+/t32-,33+,37?,38+/m0/s1. The minimum absolute atomic E-state index is 0.0960. The Hall–Kier alpha value is -5.54. The fourth-order valence-electron chi connectivity index (χ4n) is 7.02. The monoisotopic (exact) mass is 881 g/mol. The molecule has 0 aromatic heterocycles. The fourth-order valence-corrected chi connectivity index (χ4v) is 7.02. The average Bonchev–Trinajstić information content (AvgIpc) is 3.47. The van der Waals surface area contributed by atoms with Crippen LogP contribution in [-0.2, 0) is 48.5 Å². The Bertz CT molecular complexity index is 1880. The number of hydrogen-bond donors (Lipinski definition) is 3. The summed E-state index contributed by atoms with van der Waals surface area (Å²) in [6.45, 7) is 24.6. The molecular formula is C47H72N6O10. The van der Waals surface area contributed by atoms with Crippen LogP contribution in [0.25, 0.3) is 0 Å². The van der Waals surface area contributed by atoms with Gasteiger partial charge in [-0.15, -0.1) is 0 Å². The number of amides is 7. The second kappa shape index (κ2) is 21.7. The Balaban J connectivity index is 2.43. The molecule has 3 N–H and O–H groups in total. The molecule has 2 rings (SSSR count). The van der Waals surface area contributed by atoms with E-state index in [-0.39, 0.29) is 37.4 Å². The van der Waals surface area contributed by atoms with E-state index in [1.807, 2.05) is 78.8 Å². The van der Waals surface area contributed by atoms with Crippen LogP contribution in [-0.4, -0.2) is 125 Å². The second-order valence-electron chi connectivity index (χ2n) is 20.0. The highest BCUT2D eigenvalue weighted by Crippen LogP contribution is 2.32. The van der Waals surface area contributed by atoms with E-state index >= 15 is 0 Å². The Morgan fingerprint density at radius 1 is 0.762 bits per heavy atom. The molecule has 1 aromatic rings. The summed E-state index contributed by atoms with van der Waals surface area (Å²) < 4.78 is 11.1. The van der Waals surface area contributed by atoms with Gasteiger partial charge in [0, 0.05) is 56.7 Å². The number of hydrogen-bond acceptors (Lipinski definition) is 10. The second-order valence-corrected chi connectivity index (χ2v) is 20.0. The van der Waals surface area contributed by atoms with Gasteiger partial charge in [-0.1, -0.05) is 84.9 Å². The van der Waals surface area contributed by atoms with E-state index in [9.17, 15) is 38.4 Å². The Morgan fingerprint density at radius 2 is 1.30 bits per heavy atom. The van der Waals surface area contributed by atoms with Gasteiger partial charge in [-0.3, -0.25) is 43.4 Å². The molecule has 0 spiro atoms. The molecule has 350 valence electrons. The zero-order chi connectivity index (χ0) is 48.4. The fraction of sp³-hybridized carbons (Fsp3) is 0.617. The van der Waals surface area contributed by atoms with Crippen LogP contribution in [0.2, 0.25) is 0 Å². The van der Waals surface area contributed by atoms with Crippen molar-refractivity contribution in [2.45, 2.75) is 151 Å². The normalized spacial score (nSPS) is 15.6. The van der Waals surface area contributed by atoms with E-state index < -0.39 is 93.7 Å². The number of likely N-dealkylation sites (N-methyl/N-ethyl adjacent to an activating group) is 2. The molecule has 0 fully saturated rings. The van der Waals surface area contributed by atoms with Crippen LogP contribution in [0.4, 0.5) is 4.79 Å². The first-order chi connectivity index (χ1) is 28.8. The maximum atomic E-state index is 14.6. The summed E-state index contributed by atoms with van der Waals surface area (Å²) in [5.74, 6) is -4.14. The molecule has 16 heteroatoms. The zero-order valence-corrected chi connectivity index (χ0v) is 40.3. The zero-order valence-electron chi connectivity index (χ0n) is 40.3. The topological polar surface area (TPSA) is 201 Å². The molecule has 1 aliphatic heterocycles. The molecule has 4 atom stereocenters. The number of nitrogens with one attached hydrogen (secondary N) is 3. The van der Waals surface area contributed by atoms with Crippen LogP contribution in [0.1, 0.15) is 115 Å². The lowest BCUT2D eigenvalue weighted by molar-refractivity contribution is -0.155. The molecule has 0 saturated heterocycles. The summed E-state index contributed by atoms with van der Waals surface area (Å²) in [6, 6.07) is 5.20. The lowest BCUT2D eigenvalue weighted by atomic mass is 9.76. The van der Waals surface area contributed by atoms with Crippen LogP contribution in [0.5, 0.6) is 0 Å². The molecular weight excluding hydrogens is 809 g/mol. The van der Waals surface area contributed by atoms with E-state index in [1.54, 1.807) is 54.7 Å². The molecule has 1 aliphatic rings. The molecule has 16 nitrogen and oxygen atoms in total. The van der Waals surface area contributed by atoms with Crippen molar-refractivity contribution in [3.63, 3.8) is 0 Å². The first-order valence-corrected chi connectivity index (χ1v) is 21.4. The maximum absolute atomic E-state index is 14.6. The summed E-state index contributed by atoms with van der Waals surface area (Å²) in [4.78, 5) is 110. The van der Waals surface area contributed by atoms with Crippen molar-refractivity contribution in [3.8, 4) is 0 Å². The van der Waals surface area contributed by atoms with Gasteiger partial charge in [0.2, 0.25) is 23.6 Å². The van der Waals surface area contributed by atoms with E-state index in [0.29, 0.717) is 0 Å². The third-order valence-corrected chi connectivity index (χ3v) is 10.4. The number of benzene rings is 1. The molecule has 7 amide bonds. The summed E-state index contributed by atoms with van der Waals surface area (Å²) in [7, 11) is 3.08. The number of nitrogens with zero attached hydrogens (tertiary/aromatic N) is 3. The number of imide groups is 1. The molecule has 63 heavy (non-hydrogen) atoms. The molecule has 0 bridgehead atoms. The van der Waals surface area contributed by atoms with Gasteiger partial charge in [0.15, 0.2) is 0 Å². The number of ether oxygens (including phenoxy) is 2. The van der Waals surface area contributed by atoms with Crippen LogP contribution in [0, 0.1) is 11.3 Å². The van der Waals surface area contributed by atoms with Crippen molar-refractivity contribution >= 4 is 47.5 Å². The van der Waals surface area contributed by atoms with Crippen LogP contribution < -0.4 is 16.0 Å². The van der Waals surface area contributed by atoms with Crippen molar-refractivity contribution in [1.82, 2.24) is 30.7 Å². The molecule has 0 aliphatic carbocycles. The van der Waals surface area contributed by atoms with Gasteiger partial charge in [0.1, 0.15) is 29.3 Å². The Morgan fingerprint density at radius 3 is 1.79 bits per heavy atom. The van der Waals surface area contributed by atoms with Crippen molar-refractivity contribution < 1.29 is 47.8 Å². The predicted molar refractivity (Wildman–Crippen MR) is 240 cm³/mol. The maximum Gasteiger partial charge on any atom is 0.410 e. The van der Waals surface area contributed by atoms with Gasteiger partial charge in [0.05, 0.1) is 6.04 Å². The van der Waals surface area contributed by atoms with Crippen LogP contribution in [0.15, 0.2) is 54.1 Å². The summed E-state index contributed by atoms with van der Waals surface area (Å²) in [6.07, 6.45) is 2.85.